The third-order valence-electron chi connectivity index (χ3n) is 3.52. The average Bonchev–Trinajstić information content (AvgIpc) is 2.46. The highest BCUT2D eigenvalue weighted by molar-refractivity contribution is 9.10. The van der Waals surface area contributed by atoms with E-state index < -0.39 is 0 Å². The number of rotatable bonds is 5. The minimum absolute atomic E-state index is 0.0927. The first kappa shape index (κ1) is 16.0. The molecule has 0 bridgehead atoms. The van der Waals surface area contributed by atoms with Gasteiger partial charge in [0.1, 0.15) is 11.6 Å². The molecule has 0 fully saturated rings. The van der Waals surface area contributed by atoms with Crippen molar-refractivity contribution in [1.29, 1.82) is 0 Å². The maximum absolute atomic E-state index is 14.1. The van der Waals surface area contributed by atoms with E-state index in [9.17, 15) is 4.39 Å². The van der Waals surface area contributed by atoms with Crippen molar-refractivity contribution >= 4 is 15.9 Å². The van der Waals surface area contributed by atoms with Gasteiger partial charge in [0.05, 0.1) is 7.11 Å². The molecule has 0 aliphatic rings. The molecule has 21 heavy (non-hydrogen) atoms. The first-order valence-corrected chi connectivity index (χ1v) is 7.65. The van der Waals surface area contributed by atoms with E-state index in [-0.39, 0.29) is 17.9 Å². The Hall–Kier alpha value is -1.39. The van der Waals surface area contributed by atoms with Crippen LogP contribution in [0.5, 0.6) is 5.75 Å². The summed E-state index contributed by atoms with van der Waals surface area (Å²) in [4.78, 5) is 0. The van der Waals surface area contributed by atoms with Crippen LogP contribution in [0.15, 0.2) is 46.9 Å². The zero-order valence-electron chi connectivity index (χ0n) is 12.4. The van der Waals surface area contributed by atoms with Crippen LogP contribution in [0.2, 0.25) is 0 Å². The SMILES string of the molecule is COc1ccc(C(C)N[C@H](C)c2cccc(Br)c2)c(F)c1. The second kappa shape index (κ2) is 7.05. The Morgan fingerprint density at radius 1 is 1.10 bits per heavy atom. The summed E-state index contributed by atoms with van der Waals surface area (Å²) in [5, 5.41) is 3.42. The van der Waals surface area contributed by atoms with Crippen LogP contribution in [-0.4, -0.2) is 7.11 Å². The largest absolute Gasteiger partial charge is 0.497 e. The summed E-state index contributed by atoms with van der Waals surface area (Å²) in [6.07, 6.45) is 0. The number of hydrogen-bond donors (Lipinski definition) is 1. The molecular formula is C17H19BrFNO. The highest BCUT2D eigenvalue weighted by Crippen LogP contribution is 2.25. The lowest BCUT2D eigenvalue weighted by Crippen LogP contribution is -2.23. The van der Waals surface area contributed by atoms with E-state index in [1.165, 1.54) is 13.2 Å². The molecule has 0 saturated heterocycles. The van der Waals surface area contributed by atoms with E-state index in [4.69, 9.17) is 4.74 Å². The van der Waals surface area contributed by atoms with E-state index in [1.54, 1.807) is 12.1 Å². The van der Waals surface area contributed by atoms with Crippen LogP contribution >= 0.6 is 15.9 Å². The summed E-state index contributed by atoms with van der Waals surface area (Å²) in [5.41, 5.74) is 1.79. The van der Waals surface area contributed by atoms with E-state index in [0.717, 1.165) is 10.0 Å². The summed E-state index contributed by atoms with van der Waals surface area (Å²) < 4.78 is 20.1. The van der Waals surface area contributed by atoms with Crippen molar-refractivity contribution < 1.29 is 9.13 Å². The molecule has 0 heterocycles. The Kier molecular flexibility index (Phi) is 5.37. The molecule has 2 aromatic carbocycles. The Morgan fingerprint density at radius 3 is 2.48 bits per heavy atom. The Labute approximate surface area is 133 Å². The van der Waals surface area contributed by atoms with Gasteiger partial charge >= 0.3 is 0 Å². The Balaban J connectivity index is 2.12. The van der Waals surface area contributed by atoms with Gasteiger partial charge in [-0.1, -0.05) is 34.1 Å². The molecule has 0 amide bonds. The predicted octanol–water partition coefficient (Wildman–Crippen LogP) is 5.01. The Morgan fingerprint density at radius 2 is 1.86 bits per heavy atom. The topological polar surface area (TPSA) is 21.3 Å². The monoisotopic (exact) mass is 351 g/mol. The van der Waals surface area contributed by atoms with E-state index in [2.05, 4.69) is 40.3 Å². The summed E-state index contributed by atoms with van der Waals surface area (Å²) in [6.45, 7) is 4.03. The molecule has 2 nitrogen and oxygen atoms in total. The van der Waals surface area contributed by atoms with Crippen LogP contribution in [0.3, 0.4) is 0 Å². The van der Waals surface area contributed by atoms with Gasteiger partial charge in [0.15, 0.2) is 0 Å². The summed E-state index contributed by atoms with van der Waals surface area (Å²) >= 11 is 3.47. The number of methoxy groups -OCH3 is 1. The minimum atomic E-state index is -0.254. The second-order valence-corrected chi connectivity index (χ2v) is 5.97. The lowest BCUT2D eigenvalue weighted by atomic mass is 10.0. The number of ether oxygens (including phenoxy) is 1. The van der Waals surface area contributed by atoms with Gasteiger partial charge in [-0.3, -0.25) is 0 Å². The van der Waals surface area contributed by atoms with Gasteiger partial charge in [0, 0.05) is 28.2 Å². The number of benzene rings is 2. The number of nitrogens with one attached hydrogen (secondary N) is 1. The van der Waals surface area contributed by atoms with Crippen molar-refractivity contribution in [3.8, 4) is 5.75 Å². The van der Waals surface area contributed by atoms with Gasteiger partial charge in [0.2, 0.25) is 0 Å². The summed E-state index contributed by atoms with van der Waals surface area (Å²) in [6, 6.07) is 13.1. The fourth-order valence-electron chi connectivity index (χ4n) is 2.32. The van der Waals surface area contributed by atoms with Crippen LogP contribution in [-0.2, 0) is 0 Å². The van der Waals surface area contributed by atoms with Gasteiger partial charge in [-0.2, -0.15) is 0 Å². The molecule has 0 aliphatic heterocycles. The normalized spacial score (nSPS) is 13.8. The fourth-order valence-corrected chi connectivity index (χ4v) is 2.74. The smallest absolute Gasteiger partial charge is 0.131 e. The first-order valence-electron chi connectivity index (χ1n) is 6.86. The molecule has 0 aliphatic carbocycles. The maximum Gasteiger partial charge on any atom is 0.131 e. The standard InChI is InChI=1S/C17H19BrFNO/c1-11(13-5-4-6-14(18)9-13)20-12(2)16-8-7-15(21-3)10-17(16)19/h4-12,20H,1-3H3/t11-,12?/m1/s1. The summed E-state index contributed by atoms with van der Waals surface area (Å²) in [7, 11) is 1.53. The highest BCUT2D eigenvalue weighted by Gasteiger charge is 2.15. The molecule has 112 valence electrons. The third-order valence-corrected chi connectivity index (χ3v) is 4.02. The Bertz CT molecular complexity index is 617. The van der Waals surface area contributed by atoms with Crippen molar-refractivity contribution in [2.75, 3.05) is 7.11 Å². The van der Waals surface area contributed by atoms with Crippen molar-refractivity contribution in [2.24, 2.45) is 0 Å². The highest BCUT2D eigenvalue weighted by atomic mass is 79.9. The average molecular weight is 352 g/mol. The number of halogens is 2. The lowest BCUT2D eigenvalue weighted by molar-refractivity contribution is 0.408. The van der Waals surface area contributed by atoms with E-state index >= 15 is 0 Å². The van der Waals surface area contributed by atoms with Crippen LogP contribution in [0.25, 0.3) is 0 Å². The van der Waals surface area contributed by atoms with Gasteiger partial charge in [-0.25, -0.2) is 4.39 Å². The van der Waals surface area contributed by atoms with Crippen LogP contribution < -0.4 is 10.1 Å². The van der Waals surface area contributed by atoms with Gasteiger partial charge < -0.3 is 10.1 Å². The van der Waals surface area contributed by atoms with E-state index in [1.807, 2.05) is 19.1 Å². The molecule has 0 radical (unpaired) electrons. The fraction of sp³-hybridized carbons (Fsp3) is 0.294. The van der Waals surface area contributed by atoms with Crippen LogP contribution in [0, 0.1) is 5.82 Å². The van der Waals surface area contributed by atoms with Crippen molar-refractivity contribution in [3.05, 3.63) is 63.9 Å². The molecule has 4 heteroatoms. The van der Waals surface area contributed by atoms with Gasteiger partial charge in [0.25, 0.3) is 0 Å². The molecule has 1 N–H and O–H groups in total. The molecule has 2 aromatic rings. The van der Waals surface area contributed by atoms with Gasteiger partial charge in [-0.05, 0) is 37.6 Å². The van der Waals surface area contributed by atoms with Crippen LogP contribution in [0.4, 0.5) is 4.39 Å². The van der Waals surface area contributed by atoms with Crippen LogP contribution in [0.1, 0.15) is 37.1 Å². The lowest BCUT2D eigenvalue weighted by Gasteiger charge is -2.21. The summed E-state index contributed by atoms with van der Waals surface area (Å²) in [5.74, 6) is 0.277. The van der Waals surface area contributed by atoms with Gasteiger partial charge in [-0.15, -0.1) is 0 Å². The zero-order chi connectivity index (χ0) is 15.4. The quantitative estimate of drug-likeness (QED) is 0.817. The minimum Gasteiger partial charge on any atom is -0.497 e. The third kappa shape index (κ3) is 4.05. The number of hydrogen-bond acceptors (Lipinski definition) is 2. The zero-order valence-corrected chi connectivity index (χ0v) is 13.9. The molecule has 2 rings (SSSR count). The van der Waals surface area contributed by atoms with Crippen molar-refractivity contribution in [3.63, 3.8) is 0 Å². The van der Waals surface area contributed by atoms with Crippen molar-refractivity contribution in [2.45, 2.75) is 25.9 Å². The molecule has 0 saturated carbocycles. The second-order valence-electron chi connectivity index (χ2n) is 5.05. The maximum atomic E-state index is 14.1. The molecule has 0 aromatic heterocycles. The van der Waals surface area contributed by atoms with E-state index in [0.29, 0.717) is 11.3 Å². The predicted molar refractivity (Wildman–Crippen MR) is 87.1 cm³/mol. The molecular weight excluding hydrogens is 333 g/mol. The molecule has 1 unspecified atom stereocenters. The van der Waals surface area contributed by atoms with Crippen molar-refractivity contribution in [1.82, 2.24) is 5.32 Å². The first-order chi connectivity index (χ1) is 10.0. The molecule has 0 spiro atoms. The molecule has 2 atom stereocenters.